The quantitative estimate of drug-likeness (QED) is 0.738. The second-order valence-corrected chi connectivity index (χ2v) is 6.97. The number of nitrogens with one attached hydrogen (secondary N) is 1. The average Bonchev–Trinajstić information content (AvgIpc) is 2.36. The summed E-state index contributed by atoms with van der Waals surface area (Å²) in [6.07, 6.45) is 2.07. The van der Waals surface area contributed by atoms with Crippen LogP contribution in [0.2, 0.25) is 5.02 Å². The van der Waals surface area contributed by atoms with Gasteiger partial charge in [-0.05, 0) is 25.0 Å². The average molecular weight is 323 g/mol. The van der Waals surface area contributed by atoms with Crippen molar-refractivity contribution < 1.29 is 17.9 Å². The monoisotopic (exact) mass is 322 g/mol. The van der Waals surface area contributed by atoms with Gasteiger partial charge in [-0.2, -0.15) is 0 Å². The molecule has 2 rings (SSSR count). The van der Waals surface area contributed by atoms with Crippen molar-refractivity contribution in [1.29, 1.82) is 0 Å². The molecule has 1 fully saturated rings. The first-order valence-corrected chi connectivity index (χ1v) is 8.12. The third-order valence-electron chi connectivity index (χ3n) is 3.38. The summed E-state index contributed by atoms with van der Waals surface area (Å²) < 4.78 is 40.1. The molecular weight excluding hydrogens is 307 g/mol. The predicted octanol–water partition coefficient (Wildman–Crippen LogP) is 1.64. The van der Waals surface area contributed by atoms with E-state index in [2.05, 4.69) is 4.72 Å². The molecule has 0 bridgehead atoms. The Morgan fingerprint density at radius 3 is 2.65 bits per heavy atom. The fourth-order valence-electron chi connectivity index (χ4n) is 2.26. The third-order valence-corrected chi connectivity index (χ3v) is 5.33. The van der Waals surface area contributed by atoms with E-state index >= 15 is 0 Å². The highest BCUT2D eigenvalue weighted by atomic mass is 35.5. The largest absolute Gasteiger partial charge is 0.396 e. The molecule has 0 unspecified atom stereocenters. The molecule has 0 spiro atoms. The highest BCUT2D eigenvalue weighted by Gasteiger charge is 2.29. The minimum atomic E-state index is -3.95. The predicted molar refractivity (Wildman–Crippen MR) is 74.4 cm³/mol. The van der Waals surface area contributed by atoms with Gasteiger partial charge >= 0.3 is 0 Å². The van der Waals surface area contributed by atoms with E-state index in [0.29, 0.717) is 12.8 Å². The number of anilines is 1. The molecule has 5 nitrogen and oxygen atoms in total. The Kier molecular flexibility index (Phi) is 4.53. The van der Waals surface area contributed by atoms with Crippen LogP contribution in [-0.2, 0) is 10.0 Å². The van der Waals surface area contributed by atoms with Crippen LogP contribution in [0, 0.1) is 5.82 Å². The van der Waals surface area contributed by atoms with Crippen LogP contribution in [-0.4, -0.2) is 25.7 Å². The molecule has 1 aliphatic carbocycles. The van der Waals surface area contributed by atoms with Gasteiger partial charge in [0.05, 0.1) is 16.8 Å². The Morgan fingerprint density at radius 1 is 1.35 bits per heavy atom. The maximum atomic E-state index is 13.2. The summed E-state index contributed by atoms with van der Waals surface area (Å²) in [5.41, 5.74) is 5.08. The van der Waals surface area contributed by atoms with Gasteiger partial charge in [0.25, 0.3) is 0 Å². The van der Waals surface area contributed by atoms with Gasteiger partial charge in [0.2, 0.25) is 10.0 Å². The van der Waals surface area contributed by atoms with Gasteiger partial charge in [-0.25, -0.2) is 17.5 Å². The van der Waals surface area contributed by atoms with Gasteiger partial charge in [0.15, 0.2) is 0 Å². The fraction of sp³-hybridized carbons (Fsp3) is 0.500. The van der Waals surface area contributed by atoms with Gasteiger partial charge in [0.1, 0.15) is 10.7 Å². The Hall–Kier alpha value is -0.890. The van der Waals surface area contributed by atoms with Gasteiger partial charge in [-0.3, -0.25) is 0 Å². The highest BCUT2D eigenvalue weighted by Crippen LogP contribution is 2.27. The zero-order valence-corrected chi connectivity index (χ0v) is 12.2. The lowest BCUT2D eigenvalue weighted by molar-refractivity contribution is 0.101. The van der Waals surface area contributed by atoms with Crippen LogP contribution >= 0.6 is 11.6 Å². The van der Waals surface area contributed by atoms with E-state index < -0.39 is 28.0 Å². The topological polar surface area (TPSA) is 92.4 Å². The molecule has 1 aromatic rings. The number of sulfonamides is 1. The molecule has 1 saturated carbocycles. The standard InChI is InChI=1S/C12H16ClFN2O3S/c13-7-5-8(14)9(15)6-12(7)20(18,19)16-10-3-1-2-4-11(10)17/h5-6,10-11,16-17H,1-4,15H2/t10-,11-/m0/s1. The van der Waals surface area contributed by atoms with Crippen molar-refractivity contribution in [2.24, 2.45) is 0 Å². The molecule has 2 atom stereocenters. The highest BCUT2D eigenvalue weighted by molar-refractivity contribution is 7.89. The number of aliphatic hydroxyl groups excluding tert-OH is 1. The second-order valence-electron chi connectivity index (χ2n) is 4.88. The number of benzene rings is 1. The fourth-order valence-corrected chi connectivity index (χ4v) is 4.12. The smallest absolute Gasteiger partial charge is 0.242 e. The van der Waals surface area contributed by atoms with Gasteiger partial charge in [-0.1, -0.05) is 24.4 Å². The molecule has 4 N–H and O–H groups in total. The second kappa shape index (κ2) is 5.85. The van der Waals surface area contributed by atoms with Gasteiger partial charge < -0.3 is 10.8 Å². The molecule has 1 aliphatic rings. The molecule has 20 heavy (non-hydrogen) atoms. The van der Waals surface area contributed by atoms with Crippen LogP contribution in [0.25, 0.3) is 0 Å². The van der Waals surface area contributed by atoms with E-state index in [4.69, 9.17) is 17.3 Å². The molecule has 8 heteroatoms. The molecule has 0 radical (unpaired) electrons. The Balaban J connectivity index is 2.28. The van der Waals surface area contributed by atoms with E-state index in [1.807, 2.05) is 0 Å². The number of hydrogen-bond acceptors (Lipinski definition) is 4. The van der Waals surface area contributed by atoms with Crippen LogP contribution in [0.4, 0.5) is 10.1 Å². The molecule has 0 aromatic heterocycles. The normalized spacial score (nSPS) is 23.8. The lowest BCUT2D eigenvalue weighted by Crippen LogP contribution is -2.45. The minimum Gasteiger partial charge on any atom is -0.396 e. The van der Waals surface area contributed by atoms with Crippen molar-refractivity contribution in [3.63, 3.8) is 0 Å². The Bertz CT molecular complexity index is 609. The lowest BCUT2D eigenvalue weighted by atomic mass is 9.93. The van der Waals surface area contributed by atoms with Gasteiger partial charge in [0, 0.05) is 6.04 Å². The molecule has 112 valence electrons. The maximum absolute atomic E-state index is 13.2. The van der Waals surface area contributed by atoms with E-state index in [9.17, 15) is 17.9 Å². The minimum absolute atomic E-state index is 0.241. The summed E-state index contributed by atoms with van der Waals surface area (Å²) >= 11 is 5.76. The Labute approximate surface area is 122 Å². The number of rotatable bonds is 3. The number of halogens is 2. The summed E-state index contributed by atoms with van der Waals surface area (Å²) in [4.78, 5) is -0.282. The van der Waals surface area contributed by atoms with Crippen molar-refractivity contribution in [1.82, 2.24) is 4.72 Å². The molecule has 0 saturated heterocycles. The van der Waals surface area contributed by atoms with E-state index in [1.54, 1.807) is 0 Å². The van der Waals surface area contributed by atoms with Crippen molar-refractivity contribution in [2.45, 2.75) is 42.7 Å². The SMILES string of the molecule is Nc1cc(S(=O)(=O)N[C@H]2CCCC[C@@H]2O)c(Cl)cc1F. The van der Waals surface area contributed by atoms with E-state index in [0.717, 1.165) is 25.0 Å². The van der Waals surface area contributed by atoms with Crippen molar-refractivity contribution >= 4 is 27.3 Å². The molecule has 0 heterocycles. The molecule has 0 aliphatic heterocycles. The first-order valence-electron chi connectivity index (χ1n) is 6.26. The molecule has 1 aromatic carbocycles. The summed E-state index contributed by atoms with van der Waals surface area (Å²) in [7, 11) is -3.95. The van der Waals surface area contributed by atoms with Crippen LogP contribution in [0.1, 0.15) is 25.7 Å². The van der Waals surface area contributed by atoms with Crippen LogP contribution in [0.5, 0.6) is 0 Å². The summed E-state index contributed by atoms with van der Waals surface area (Å²) in [6.45, 7) is 0. The molecular formula is C12H16ClFN2O3S. The summed E-state index contributed by atoms with van der Waals surface area (Å²) in [6, 6.07) is 1.29. The van der Waals surface area contributed by atoms with E-state index in [-0.39, 0.29) is 15.6 Å². The van der Waals surface area contributed by atoms with Crippen LogP contribution < -0.4 is 10.5 Å². The number of nitrogen functional groups attached to an aromatic ring is 1. The first kappa shape index (κ1) is 15.5. The molecule has 0 amide bonds. The third kappa shape index (κ3) is 3.22. The summed E-state index contributed by atoms with van der Waals surface area (Å²) in [5.74, 6) is -0.772. The van der Waals surface area contributed by atoms with Crippen molar-refractivity contribution in [3.8, 4) is 0 Å². The van der Waals surface area contributed by atoms with Gasteiger partial charge in [-0.15, -0.1) is 0 Å². The van der Waals surface area contributed by atoms with Crippen molar-refractivity contribution in [2.75, 3.05) is 5.73 Å². The number of hydrogen-bond donors (Lipinski definition) is 3. The zero-order chi connectivity index (χ0) is 14.9. The number of nitrogens with two attached hydrogens (primary N) is 1. The van der Waals surface area contributed by atoms with Crippen LogP contribution in [0.15, 0.2) is 17.0 Å². The van der Waals surface area contributed by atoms with Crippen LogP contribution in [0.3, 0.4) is 0 Å². The number of aliphatic hydroxyl groups is 1. The zero-order valence-electron chi connectivity index (χ0n) is 10.6. The lowest BCUT2D eigenvalue weighted by Gasteiger charge is -2.28. The Morgan fingerprint density at radius 2 is 2.00 bits per heavy atom. The van der Waals surface area contributed by atoms with E-state index in [1.165, 1.54) is 0 Å². The van der Waals surface area contributed by atoms with Crippen molar-refractivity contribution in [3.05, 3.63) is 23.0 Å². The maximum Gasteiger partial charge on any atom is 0.242 e. The summed E-state index contributed by atoms with van der Waals surface area (Å²) in [5, 5.41) is 9.56. The first-order chi connectivity index (χ1) is 9.31.